The molecule has 1 aromatic rings. The van der Waals surface area contributed by atoms with Crippen LogP contribution in [-0.2, 0) is 6.42 Å². The fourth-order valence-corrected chi connectivity index (χ4v) is 1.96. The van der Waals surface area contributed by atoms with Crippen molar-refractivity contribution in [2.75, 3.05) is 12.4 Å². The second-order valence-corrected chi connectivity index (χ2v) is 4.56. The zero-order valence-electron chi connectivity index (χ0n) is 10.4. The van der Waals surface area contributed by atoms with E-state index in [0.717, 1.165) is 11.8 Å². The highest BCUT2D eigenvalue weighted by atomic mass is 14.8. The molecule has 1 nitrogen and oxygen atoms in total. The van der Waals surface area contributed by atoms with E-state index in [-0.39, 0.29) is 0 Å². The highest BCUT2D eigenvalue weighted by Gasteiger charge is 2.11. The van der Waals surface area contributed by atoms with Crippen molar-refractivity contribution in [3.63, 3.8) is 0 Å². The van der Waals surface area contributed by atoms with Gasteiger partial charge in [0.2, 0.25) is 0 Å². The van der Waals surface area contributed by atoms with Crippen LogP contribution in [0.2, 0.25) is 0 Å². The van der Waals surface area contributed by atoms with Crippen molar-refractivity contribution in [1.29, 1.82) is 0 Å². The molecule has 1 heteroatoms. The Bertz CT molecular complexity index is 274. The molecular weight excluding hydrogens is 182 g/mol. The SMILES string of the molecule is CCC(Cc1ccc(NC)cc1)C(C)C. The van der Waals surface area contributed by atoms with Crippen LogP contribution in [0.3, 0.4) is 0 Å². The molecular formula is C14H23N. The van der Waals surface area contributed by atoms with E-state index in [2.05, 4.69) is 50.4 Å². The first kappa shape index (κ1) is 12.1. The summed E-state index contributed by atoms with van der Waals surface area (Å²) in [5.41, 5.74) is 2.64. The van der Waals surface area contributed by atoms with Gasteiger partial charge in [-0.1, -0.05) is 39.3 Å². The number of rotatable bonds is 5. The second kappa shape index (κ2) is 5.79. The van der Waals surface area contributed by atoms with Crippen molar-refractivity contribution in [1.82, 2.24) is 0 Å². The van der Waals surface area contributed by atoms with Gasteiger partial charge >= 0.3 is 0 Å². The minimum absolute atomic E-state index is 0.777. The lowest BCUT2D eigenvalue weighted by molar-refractivity contribution is 0.371. The maximum atomic E-state index is 3.14. The Morgan fingerprint density at radius 1 is 1.13 bits per heavy atom. The third-order valence-corrected chi connectivity index (χ3v) is 3.21. The fourth-order valence-electron chi connectivity index (χ4n) is 1.96. The summed E-state index contributed by atoms with van der Waals surface area (Å²) in [7, 11) is 1.96. The molecule has 1 N–H and O–H groups in total. The summed E-state index contributed by atoms with van der Waals surface area (Å²) in [5, 5.41) is 3.14. The first-order valence-corrected chi connectivity index (χ1v) is 5.94. The number of hydrogen-bond donors (Lipinski definition) is 1. The van der Waals surface area contributed by atoms with E-state index in [0.29, 0.717) is 0 Å². The Labute approximate surface area is 93.9 Å². The zero-order chi connectivity index (χ0) is 11.3. The highest BCUT2D eigenvalue weighted by Crippen LogP contribution is 2.21. The molecule has 1 aromatic carbocycles. The molecule has 15 heavy (non-hydrogen) atoms. The maximum absolute atomic E-state index is 3.14. The van der Waals surface area contributed by atoms with Gasteiger partial charge in [0.15, 0.2) is 0 Å². The molecule has 0 aromatic heterocycles. The van der Waals surface area contributed by atoms with E-state index in [1.807, 2.05) is 7.05 Å². The van der Waals surface area contributed by atoms with Crippen LogP contribution >= 0.6 is 0 Å². The predicted octanol–water partition coefficient (Wildman–Crippen LogP) is 3.95. The van der Waals surface area contributed by atoms with Crippen molar-refractivity contribution in [3.05, 3.63) is 29.8 Å². The Balaban J connectivity index is 2.63. The summed E-state index contributed by atoms with van der Waals surface area (Å²) in [6.07, 6.45) is 2.48. The van der Waals surface area contributed by atoms with Crippen LogP contribution in [-0.4, -0.2) is 7.05 Å². The van der Waals surface area contributed by atoms with Gasteiger partial charge < -0.3 is 5.32 Å². The van der Waals surface area contributed by atoms with Crippen LogP contribution in [0.25, 0.3) is 0 Å². The van der Waals surface area contributed by atoms with Gasteiger partial charge in [-0.3, -0.25) is 0 Å². The van der Waals surface area contributed by atoms with E-state index >= 15 is 0 Å². The van der Waals surface area contributed by atoms with Crippen LogP contribution in [0, 0.1) is 11.8 Å². The summed E-state index contributed by atoms with van der Waals surface area (Å²) >= 11 is 0. The van der Waals surface area contributed by atoms with Crippen LogP contribution in [0.5, 0.6) is 0 Å². The van der Waals surface area contributed by atoms with Crippen molar-refractivity contribution in [2.45, 2.75) is 33.6 Å². The van der Waals surface area contributed by atoms with E-state index in [1.165, 1.54) is 24.1 Å². The largest absolute Gasteiger partial charge is 0.388 e. The Kier molecular flexibility index (Phi) is 4.67. The summed E-state index contributed by atoms with van der Waals surface area (Å²) in [4.78, 5) is 0. The zero-order valence-corrected chi connectivity index (χ0v) is 10.4. The molecule has 0 bridgehead atoms. The van der Waals surface area contributed by atoms with E-state index in [9.17, 15) is 0 Å². The molecule has 0 saturated carbocycles. The standard InChI is InChI=1S/C14H23N/c1-5-13(11(2)3)10-12-6-8-14(15-4)9-7-12/h6-9,11,13,15H,5,10H2,1-4H3. The molecule has 0 heterocycles. The summed E-state index contributed by atoms with van der Waals surface area (Å²) in [5.74, 6) is 1.59. The number of benzene rings is 1. The van der Waals surface area contributed by atoms with E-state index in [4.69, 9.17) is 0 Å². The van der Waals surface area contributed by atoms with Crippen LogP contribution in [0.1, 0.15) is 32.8 Å². The average molecular weight is 205 g/mol. The van der Waals surface area contributed by atoms with Crippen LogP contribution < -0.4 is 5.32 Å². The quantitative estimate of drug-likeness (QED) is 0.767. The van der Waals surface area contributed by atoms with Crippen molar-refractivity contribution in [2.24, 2.45) is 11.8 Å². The van der Waals surface area contributed by atoms with Gasteiger partial charge in [0.25, 0.3) is 0 Å². The Morgan fingerprint density at radius 3 is 2.13 bits per heavy atom. The molecule has 0 amide bonds. The molecule has 0 aliphatic rings. The molecule has 1 rings (SSSR count). The molecule has 0 fully saturated rings. The smallest absolute Gasteiger partial charge is 0.0337 e. The van der Waals surface area contributed by atoms with E-state index < -0.39 is 0 Å². The average Bonchev–Trinajstić information content (AvgIpc) is 2.26. The van der Waals surface area contributed by atoms with E-state index in [1.54, 1.807) is 0 Å². The molecule has 0 aliphatic carbocycles. The van der Waals surface area contributed by atoms with Crippen molar-refractivity contribution in [3.8, 4) is 0 Å². The van der Waals surface area contributed by atoms with Gasteiger partial charge in [0, 0.05) is 12.7 Å². The molecule has 0 radical (unpaired) electrons. The Hall–Kier alpha value is -0.980. The molecule has 1 unspecified atom stereocenters. The molecule has 0 aliphatic heterocycles. The third kappa shape index (κ3) is 3.58. The van der Waals surface area contributed by atoms with Crippen LogP contribution in [0.4, 0.5) is 5.69 Å². The van der Waals surface area contributed by atoms with Gasteiger partial charge in [-0.05, 0) is 36.0 Å². The van der Waals surface area contributed by atoms with Gasteiger partial charge in [-0.2, -0.15) is 0 Å². The van der Waals surface area contributed by atoms with Crippen molar-refractivity contribution >= 4 is 5.69 Å². The normalized spacial score (nSPS) is 12.9. The fraction of sp³-hybridized carbons (Fsp3) is 0.571. The minimum atomic E-state index is 0.777. The first-order chi connectivity index (χ1) is 7.17. The maximum Gasteiger partial charge on any atom is 0.0337 e. The van der Waals surface area contributed by atoms with Crippen molar-refractivity contribution < 1.29 is 0 Å². The number of hydrogen-bond acceptors (Lipinski definition) is 1. The van der Waals surface area contributed by atoms with Gasteiger partial charge in [-0.15, -0.1) is 0 Å². The lowest BCUT2D eigenvalue weighted by Gasteiger charge is -2.19. The third-order valence-electron chi connectivity index (χ3n) is 3.21. The van der Waals surface area contributed by atoms with Gasteiger partial charge in [-0.25, -0.2) is 0 Å². The van der Waals surface area contributed by atoms with Gasteiger partial charge in [0.05, 0.1) is 0 Å². The minimum Gasteiger partial charge on any atom is -0.388 e. The molecule has 1 atom stereocenters. The van der Waals surface area contributed by atoms with Crippen LogP contribution in [0.15, 0.2) is 24.3 Å². The predicted molar refractivity (Wildman–Crippen MR) is 68.3 cm³/mol. The lowest BCUT2D eigenvalue weighted by atomic mass is 9.87. The Morgan fingerprint density at radius 2 is 1.73 bits per heavy atom. The summed E-state index contributed by atoms with van der Waals surface area (Å²) < 4.78 is 0. The highest BCUT2D eigenvalue weighted by molar-refractivity contribution is 5.43. The number of nitrogens with one attached hydrogen (secondary N) is 1. The summed E-state index contributed by atoms with van der Waals surface area (Å²) in [6, 6.07) is 8.78. The van der Waals surface area contributed by atoms with Gasteiger partial charge in [0.1, 0.15) is 0 Å². The lowest BCUT2D eigenvalue weighted by Crippen LogP contribution is -2.10. The monoisotopic (exact) mass is 205 g/mol. The topological polar surface area (TPSA) is 12.0 Å². The molecule has 0 spiro atoms. The molecule has 84 valence electrons. The summed E-state index contributed by atoms with van der Waals surface area (Å²) in [6.45, 7) is 6.92. The first-order valence-electron chi connectivity index (χ1n) is 5.94. The second-order valence-electron chi connectivity index (χ2n) is 4.56. The number of anilines is 1. The molecule has 0 saturated heterocycles.